The van der Waals surface area contributed by atoms with Crippen LogP contribution in [0.2, 0.25) is 0 Å². The molecule has 3 nitrogen and oxygen atoms in total. The maximum atomic E-state index is 11.0. The van der Waals surface area contributed by atoms with E-state index < -0.39 is 6.09 Å². The van der Waals surface area contributed by atoms with Gasteiger partial charge in [0.15, 0.2) is 0 Å². The lowest BCUT2D eigenvalue weighted by Gasteiger charge is -2.06. The summed E-state index contributed by atoms with van der Waals surface area (Å²) in [7, 11) is 3.07. The molecule has 0 heterocycles. The fraction of sp³-hybridized carbons (Fsp3) is 0.467. The lowest BCUT2D eigenvalue weighted by molar-refractivity contribution is 0.199. The first-order valence-electron chi connectivity index (χ1n) is 6.58. The normalized spacial score (nSPS) is 10.1. The number of aryl methyl sites for hydroxylation is 1. The number of benzene rings is 1. The Kier molecular flexibility index (Phi) is 6.92. The van der Waals surface area contributed by atoms with Crippen LogP contribution in [-0.4, -0.2) is 6.09 Å². The number of carbonyl (C=O) groups excluding carboxylic acids is 1. The number of hydrogen-bond donors (Lipinski definition) is 1. The molecule has 1 aromatic carbocycles. The summed E-state index contributed by atoms with van der Waals surface area (Å²) in [6.45, 7) is 2.22. The van der Waals surface area contributed by atoms with Gasteiger partial charge in [-0.1, -0.05) is 44.7 Å². The minimum absolute atomic E-state index is 0.532. The Balaban J connectivity index is 2.37. The second-order valence-electron chi connectivity index (χ2n) is 4.42. The molecule has 3 heteroatoms. The second-order valence-corrected chi connectivity index (χ2v) is 4.42. The number of carbonyl (C=O) groups is 1. The molecule has 1 radical (unpaired) electrons. The molecule has 0 aliphatic rings. The van der Waals surface area contributed by atoms with Crippen molar-refractivity contribution in [1.29, 1.82) is 0 Å². The number of hydrogen-bond acceptors (Lipinski definition) is 2. The van der Waals surface area contributed by atoms with E-state index in [0.29, 0.717) is 0 Å². The molecule has 0 spiro atoms. The van der Waals surface area contributed by atoms with Gasteiger partial charge < -0.3 is 4.74 Å². The van der Waals surface area contributed by atoms with E-state index in [1.54, 1.807) is 0 Å². The Morgan fingerprint density at radius 3 is 2.78 bits per heavy atom. The smallest absolute Gasteiger partial charge is 0.411 e. The third-order valence-corrected chi connectivity index (χ3v) is 2.87. The molecule has 18 heavy (non-hydrogen) atoms. The van der Waals surface area contributed by atoms with Crippen LogP contribution in [0.15, 0.2) is 24.3 Å². The van der Waals surface area contributed by atoms with E-state index >= 15 is 0 Å². The van der Waals surface area contributed by atoms with Gasteiger partial charge in [0, 0.05) is 5.69 Å². The topological polar surface area (TPSA) is 38.3 Å². The van der Waals surface area contributed by atoms with Crippen LogP contribution in [0.25, 0.3) is 0 Å². The predicted octanol–water partition coefficient (Wildman–Crippen LogP) is 4.54. The van der Waals surface area contributed by atoms with E-state index in [4.69, 9.17) is 0 Å². The van der Waals surface area contributed by atoms with Gasteiger partial charge in [-0.15, -0.1) is 0 Å². The summed E-state index contributed by atoms with van der Waals surface area (Å²) in [5.74, 6) is 0. The first-order chi connectivity index (χ1) is 8.76. The van der Waals surface area contributed by atoms with Crippen molar-refractivity contribution < 1.29 is 9.53 Å². The van der Waals surface area contributed by atoms with Gasteiger partial charge in [-0.25, -0.2) is 4.79 Å². The van der Waals surface area contributed by atoms with Gasteiger partial charge in [0.05, 0.1) is 0 Å². The molecule has 1 amide bonds. The zero-order valence-corrected chi connectivity index (χ0v) is 11.1. The summed E-state index contributed by atoms with van der Waals surface area (Å²) in [5, 5.41) is 2.62. The highest BCUT2D eigenvalue weighted by Gasteiger charge is 2.01. The Labute approximate surface area is 110 Å². The Hall–Kier alpha value is -1.51. The van der Waals surface area contributed by atoms with Crippen LogP contribution in [0.5, 0.6) is 0 Å². The maximum Gasteiger partial charge on any atom is 0.411 e. The van der Waals surface area contributed by atoms with E-state index in [2.05, 4.69) is 30.2 Å². The monoisotopic (exact) mass is 248 g/mol. The van der Waals surface area contributed by atoms with Gasteiger partial charge in [-0.05, 0) is 30.5 Å². The van der Waals surface area contributed by atoms with Gasteiger partial charge in [0.25, 0.3) is 0 Å². The van der Waals surface area contributed by atoms with E-state index in [1.165, 1.54) is 37.7 Å². The number of amides is 1. The van der Waals surface area contributed by atoms with Gasteiger partial charge >= 0.3 is 6.09 Å². The lowest BCUT2D eigenvalue weighted by Crippen LogP contribution is -2.09. The highest BCUT2D eigenvalue weighted by atomic mass is 16.5. The minimum atomic E-state index is -0.532. The van der Waals surface area contributed by atoms with Crippen LogP contribution < -0.4 is 5.32 Å². The highest BCUT2D eigenvalue weighted by molar-refractivity contribution is 5.84. The summed E-state index contributed by atoms with van der Waals surface area (Å²) in [5.41, 5.74) is 2.00. The van der Waals surface area contributed by atoms with Crippen molar-refractivity contribution in [2.24, 2.45) is 0 Å². The third kappa shape index (κ3) is 5.71. The van der Waals surface area contributed by atoms with E-state index in [1.807, 2.05) is 18.2 Å². The molecule has 1 aromatic rings. The fourth-order valence-corrected chi connectivity index (χ4v) is 1.89. The Morgan fingerprint density at radius 2 is 2.06 bits per heavy atom. The van der Waals surface area contributed by atoms with Gasteiger partial charge in [-0.2, -0.15) is 0 Å². The highest BCUT2D eigenvalue weighted by Crippen LogP contribution is 2.14. The molecule has 0 aliphatic carbocycles. The number of anilines is 1. The summed E-state index contributed by atoms with van der Waals surface area (Å²) < 4.78 is 4.32. The van der Waals surface area contributed by atoms with Gasteiger partial charge in [0.1, 0.15) is 7.11 Å². The van der Waals surface area contributed by atoms with Crippen LogP contribution in [0, 0.1) is 7.11 Å². The molecule has 0 unspecified atom stereocenters. The predicted molar refractivity (Wildman–Crippen MR) is 74.4 cm³/mol. The number of unbranched alkanes of at least 4 members (excludes halogenated alkanes) is 4. The molecular weight excluding hydrogens is 226 g/mol. The molecule has 0 bridgehead atoms. The van der Waals surface area contributed by atoms with Crippen molar-refractivity contribution in [2.45, 2.75) is 45.4 Å². The maximum absolute atomic E-state index is 11.0. The Bertz CT molecular complexity index is 363. The molecule has 0 fully saturated rings. The number of ether oxygens (including phenoxy) is 1. The quantitative estimate of drug-likeness (QED) is 0.719. The molecule has 0 aromatic heterocycles. The van der Waals surface area contributed by atoms with Crippen LogP contribution >= 0.6 is 0 Å². The third-order valence-electron chi connectivity index (χ3n) is 2.87. The molecule has 0 aliphatic heterocycles. The molecule has 0 saturated heterocycles. The molecular formula is C15H22NO2. The summed E-state index contributed by atoms with van der Waals surface area (Å²) in [6.07, 6.45) is 6.88. The zero-order chi connectivity index (χ0) is 13.2. The van der Waals surface area contributed by atoms with Crippen LogP contribution in [-0.2, 0) is 11.2 Å². The van der Waals surface area contributed by atoms with Crippen molar-refractivity contribution in [2.75, 3.05) is 5.32 Å². The number of rotatable bonds is 7. The second kappa shape index (κ2) is 8.56. The molecule has 1 N–H and O–H groups in total. The lowest BCUT2D eigenvalue weighted by atomic mass is 10.1. The van der Waals surface area contributed by atoms with Crippen LogP contribution in [0.3, 0.4) is 0 Å². The van der Waals surface area contributed by atoms with E-state index in [-0.39, 0.29) is 0 Å². The Morgan fingerprint density at radius 1 is 1.28 bits per heavy atom. The van der Waals surface area contributed by atoms with E-state index in [0.717, 1.165) is 12.1 Å². The van der Waals surface area contributed by atoms with Crippen molar-refractivity contribution in [1.82, 2.24) is 0 Å². The molecule has 0 saturated carbocycles. The largest absolute Gasteiger partial charge is 0.446 e. The first kappa shape index (κ1) is 14.6. The first-order valence-corrected chi connectivity index (χ1v) is 6.58. The summed E-state index contributed by atoms with van der Waals surface area (Å²) >= 11 is 0. The summed E-state index contributed by atoms with van der Waals surface area (Å²) in [4.78, 5) is 11.0. The molecule has 99 valence electrons. The average molecular weight is 248 g/mol. The standard InChI is InChI=1S/C15H22NO2/c1-3-4-5-6-7-9-13-10-8-11-14(12-13)16-15(17)18-2/h8,10-12H,2-7,9H2,1H3,(H,16,17). The summed E-state index contributed by atoms with van der Waals surface area (Å²) in [6, 6.07) is 7.86. The van der Waals surface area contributed by atoms with Crippen molar-refractivity contribution in [3.05, 3.63) is 36.9 Å². The van der Waals surface area contributed by atoms with E-state index in [9.17, 15) is 4.79 Å². The SMILES string of the molecule is [CH2]OC(=O)Nc1cccc(CCCCCCC)c1. The van der Waals surface area contributed by atoms with Crippen molar-refractivity contribution in [3.8, 4) is 0 Å². The van der Waals surface area contributed by atoms with Crippen molar-refractivity contribution >= 4 is 11.8 Å². The van der Waals surface area contributed by atoms with Crippen molar-refractivity contribution in [3.63, 3.8) is 0 Å². The van der Waals surface area contributed by atoms with Gasteiger partial charge in [0.2, 0.25) is 0 Å². The number of nitrogens with one attached hydrogen (secondary N) is 1. The van der Waals surface area contributed by atoms with Crippen LogP contribution in [0.1, 0.15) is 44.6 Å². The fourth-order valence-electron chi connectivity index (χ4n) is 1.89. The zero-order valence-electron chi connectivity index (χ0n) is 11.1. The van der Waals surface area contributed by atoms with Crippen LogP contribution in [0.4, 0.5) is 10.5 Å². The minimum Gasteiger partial charge on any atom is -0.446 e. The molecule has 1 rings (SSSR count). The molecule has 0 atom stereocenters. The average Bonchev–Trinajstić information content (AvgIpc) is 2.39. The van der Waals surface area contributed by atoms with Gasteiger partial charge in [-0.3, -0.25) is 5.32 Å².